The first-order valence-corrected chi connectivity index (χ1v) is 11.8. The van der Waals surface area contributed by atoms with Crippen LogP contribution < -0.4 is 0 Å². The molecule has 0 unspecified atom stereocenters. The number of pyridine rings is 1. The first-order chi connectivity index (χ1) is 14.6. The normalized spacial score (nSPS) is 16.0. The Labute approximate surface area is 178 Å². The summed E-state index contributed by atoms with van der Waals surface area (Å²) in [7, 11) is -3.45. The minimum atomic E-state index is -3.45. The van der Waals surface area contributed by atoms with E-state index in [9.17, 15) is 8.42 Å². The van der Waals surface area contributed by atoms with Gasteiger partial charge in [-0.25, -0.2) is 8.42 Å². The Hall–Kier alpha value is -2.55. The van der Waals surface area contributed by atoms with Gasteiger partial charge in [-0.1, -0.05) is 25.5 Å². The number of aromatic nitrogens is 3. The van der Waals surface area contributed by atoms with E-state index in [0.29, 0.717) is 37.7 Å². The van der Waals surface area contributed by atoms with E-state index in [2.05, 4.69) is 21.9 Å². The maximum atomic E-state index is 13.0. The molecule has 158 valence electrons. The fourth-order valence-electron chi connectivity index (χ4n) is 3.78. The zero-order valence-electron chi connectivity index (χ0n) is 17.2. The summed E-state index contributed by atoms with van der Waals surface area (Å²) in [5.41, 5.74) is 3.26. The molecule has 1 fully saturated rings. The maximum Gasteiger partial charge on any atom is 0.243 e. The second kappa shape index (κ2) is 9.07. The van der Waals surface area contributed by atoms with Crippen molar-refractivity contribution in [2.24, 2.45) is 0 Å². The molecule has 0 radical (unpaired) electrons. The van der Waals surface area contributed by atoms with Crippen LogP contribution in [0.4, 0.5) is 0 Å². The number of benzene rings is 1. The van der Waals surface area contributed by atoms with Crippen molar-refractivity contribution < 1.29 is 8.42 Å². The van der Waals surface area contributed by atoms with Crippen molar-refractivity contribution in [3.8, 4) is 11.3 Å². The van der Waals surface area contributed by atoms with Crippen LogP contribution in [0.3, 0.4) is 0 Å². The van der Waals surface area contributed by atoms with Crippen LogP contribution in [0.15, 0.2) is 66.0 Å². The first-order valence-electron chi connectivity index (χ1n) is 10.3. The highest BCUT2D eigenvalue weighted by atomic mass is 32.2. The predicted molar refractivity (Wildman–Crippen MR) is 116 cm³/mol. The Morgan fingerprint density at radius 3 is 2.27 bits per heavy atom. The molecule has 0 atom stereocenters. The van der Waals surface area contributed by atoms with Crippen molar-refractivity contribution in [2.75, 3.05) is 26.2 Å². The zero-order valence-corrected chi connectivity index (χ0v) is 18.0. The van der Waals surface area contributed by atoms with Crippen LogP contribution in [0.2, 0.25) is 0 Å². The predicted octanol–water partition coefficient (Wildman–Crippen LogP) is 2.86. The van der Waals surface area contributed by atoms with Crippen molar-refractivity contribution >= 4 is 10.0 Å². The lowest BCUT2D eigenvalue weighted by Gasteiger charge is -2.34. The van der Waals surface area contributed by atoms with E-state index in [1.165, 1.54) is 5.56 Å². The molecule has 0 bridgehead atoms. The van der Waals surface area contributed by atoms with Gasteiger partial charge in [-0.3, -0.25) is 14.6 Å². The minimum Gasteiger partial charge on any atom is -0.282 e. The van der Waals surface area contributed by atoms with Crippen LogP contribution in [0.25, 0.3) is 11.3 Å². The van der Waals surface area contributed by atoms with E-state index in [4.69, 9.17) is 0 Å². The smallest absolute Gasteiger partial charge is 0.243 e. The lowest BCUT2D eigenvalue weighted by atomic mass is 10.1. The van der Waals surface area contributed by atoms with E-state index in [1.807, 2.05) is 35.0 Å². The largest absolute Gasteiger partial charge is 0.282 e. The molecule has 4 rings (SSSR count). The van der Waals surface area contributed by atoms with Crippen molar-refractivity contribution in [1.29, 1.82) is 0 Å². The lowest BCUT2D eigenvalue weighted by Crippen LogP contribution is -2.48. The fourth-order valence-corrected chi connectivity index (χ4v) is 5.20. The minimum absolute atomic E-state index is 0.378. The van der Waals surface area contributed by atoms with Crippen LogP contribution in [-0.4, -0.2) is 58.6 Å². The van der Waals surface area contributed by atoms with Gasteiger partial charge >= 0.3 is 0 Å². The Kier molecular flexibility index (Phi) is 6.26. The average Bonchev–Trinajstić information content (AvgIpc) is 3.23. The molecule has 1 saturated heterocycles. The molecular formula is C22H27N5O2S. The van der Waals surface area contributed by atoms with Crippen molar-refractivity contribution in [2.45, 2.75) is 31.3 Å². The SMILES string of the molecule is CCCc1ccc(S(=O)(=O)N2CCN(Cn3nccc3-c3ccncc3)CC2)cc1. The lowest BCUT2D eigenvalue weighted by molar-refractivity contribution is 0.146. The number of rotatable bonds is 7. The maximum absolute atomic E-state index is 13.0. The summed E-state index contributed by atoms with van der Waals surface area (Å²) in [4.78, 5) is 6.68. The molecule has 2 aromatic heterocycles. The molecule has 0 aliphatic carbocycles. The molecule has 3 aromatic rings. The van der Waals surface area contributed by atoms with Crippen LogP contribution in [0.1, 0.15) is 18.9 Å². The topological polar surface area (TPSA) is 71.3 Å². The molecule has 0 amide bonds. The van der Waals surface area contributed by atoms with E-state index in [0.717, 1.165) is 24.1 Å². The summed E-state index contributed by atoms with van der Waals surface area (Å²) >= 11 is 0. The summed E-state index contributed by atoms with van der Waals surface area (Å²) in [5, 5.41) is 4.45. The van der Waals surface area contributed by atoms with Crippen molar-refractivity contribution in [3.05, 3.63) is 66.6 Å². The van der Waals surface area contributed by atoms with Gasteiger partial charge in [0.1, 0.15) is 0 Å². The van der Waals surface area contributed by atoms with Crippen LogP contribution in [0.5, 0.6) is 0 Å². The third kappa shape index (κ3) is 4.45. The van der Waals surface area contributed by atoms with Gasteiger partial charge in [0.2, 0.25) is 10.0 Å². The van der Waals surface area contributed by atoms with Gasteiger partial charge in [0, 0.05) is 50.3 Å². The molecule has 1 aliphatic rings. The van der Waals surface area contributed by atoms with Gasteiger partial charge in [-0.15, -0.1) is 0 Å². The van der Waals surface area contributed by atoms with E-state index >= 15 is 0 Å². The Morgan fingerprint density at radius 1 is 0.900 bits per heavy atom. The van der Waals surface area contributed by atoms with E-state index in [1.54, 1.807) is 35.0 Å². The van der Waals surface area contributed by atoms with Crippen LogP contribution >= 0.6 is 0 Å². The van der Waals surface area contributed by atoms with Gasteiger partial charge in [-0.05, 0) is 42.3 Å². The zero-order chi connectivity index (χ0) is 21.0. The number of aryl methyl sites for hydroxylation is 1. The molecule has 7 nitrogen and oxygen atoms in total. The molecular weight excluding hydrogens is 398 g/mol. The second-order valence-corrected chi connectivity index (χ2v) is 9.45. The van der Waals surface area contributed by atoms with E-state index < -0.39 is 10.0 Å². The molecule has 0 N–H and O–H groups in total. The summed E-state index contributed by atoms with van der Waals surface area (Å²) in [6.45, 7) is 5.04. The first kappa shape index (κ1) is 20.7. The number of sulfonamides is 1. The molecule has 8 heteroatoms. The number of nitrogens with zero attached hydrogens (tertiary/aromatic N) is 5. The van der Waals surface area contributed by atoms with Gasteiger partial charge < -0.3 is 0 Å². The molecule has 1 aliphatic heterocycles. The number of hydrogen-bond acceptors (Lipinski definition) is 5. The van der Waals surface area contributed by atoms with E-state index in [-0.39, 0.29) is 0 Å². The highest BCUT2D eigenvalue weighted by Gasteiger charge is 2.28. The molecule has 30 heavy (non-hydrogen) atoms. The molecule has 0 saturated carbocycles. The third-order valence-electron chi connectivity index (χ3n) is 5.46. The van der Waals surface area contributed by atoms with Gasteiger partial charge in [0.15, 0.2) is 0 Å². The number of hydrogen-bond donors (Lipinski definition) is 0. The number of piperazine rings is 1. The Morgan fingerprint density at radius 2 is 1.60 bits per heavy atom. The Balaban J connectivity index is 1.39. The summed E-state index contributed by atoms with van der Waals surface area (Å²) in [6.07, 6.45) is 7.34. The van der Waals surface area contributed by atoms with Crippen molar-refractivity contribution in [1.82, 2.24) is 24.0 Å². The van der Waals surface area contributed by atoms with Crippen LogP contribution in [-0.2, 0) is 23.1 Å². The van der Waals surface area contributed by atoms with Gasteiger partial charge in [0.05, 0.1) is 17.3 Å². The fraction of sp³-hybridized carbons (Fsp3) is 0.364. The Bertz CT molecular complexity index is 1060. The molecule has 1 aromatic carbocycles. The average molecular weight is 426 g/mol. The monoisotopic (exact) mass is 425 g/mol. The summed E-state index contributed by atoms with van der Waals surface area (Å²) < 4.78 is 29.5. The highest BCUT2D eigenvalue weighted by molar-refractivity contribution is 7.89. The standard InChI is InChI=1S/C22H27N5O2S/c1-2-3-19-4-6-21(7-5-19)30(28,29)26-16-14-25(15-17-26)18-27-22(10-13-24-27)20-8-11-23-12-9-20/h4-13H,2-3,14-18H2,1H3. The third-order valence-corrected chi connectivity index (χ3v) is 7.37. The molecule has 0 spiro atoms. The summed E-state index contributed by atoms with van der Waals surface area (Å²) in [6, 6.07) is 13.2. The quantitative estimate of drug-likeness (QED) is 0.582. The second-order valence-electron chi connectivity index (χ2n) is 7.51. The van der Waals surface area contributed by atoms with Gasteiger partial charge in [-0.2, -0.15) is 9.40 Å². The van der Waals surface area contributed by atoms with Gasteiger partial charge in [0.25, 0.3) is 0 Å². The summed E-state index contributed by atoms with van der Waals surface area (Å²) in [5.74, 6) is 0. The highest BCUT2D eigenvalue weighted by Crippen LogP contribution is 2.21. The van der Waals surface area contributed by atoms with Crippen LogP contribution in [0, 0.1) is 0 Å². The van der Waals surface area contributed by atoms with Crippen molar-refractivity contribution in [3.63, 3.8) is 0 Å². The molecule has 3 heterocycles.